The number of methoxy groups -OCH3 is 2. The van der Waals surface area contributed by atoms with Crippen LogP contribution in [-0.4, -0.2) is 46.5 Å². The molecule has 28 heavy (non-hydrogen) atoms. The van der Waals surface area contributed by atoms with E-state index in [4.69, 9.17) is 28.7 Å². The Morgan fingerprint density at radius 3 is 2.46 bits per heavy atom. The number of hydrogen-bond acceptors (Lipinski definition) is 6. The summed E-state index contributed by atoms with van der Waals surface area (Å²) in [6.07, 6.45) is 1.90. The van der Waals surface area contributed by atoms with E-state index in [2.05, 4.69) is 6.07 Å². The molecule has 0 radical (unpaired) electrons. The highest BCUT2D eigenvalue weighted by Gasteiger charge is 2.40. The first kappa shape index (κ1) is 17.4. The second kappa shape index (κ2) is 6.71. The van der Waals surface area contributed by atoms with E-state index in [-0.39, 0.29) is 12.2 Å². The van der Waals surface area contributed by atoms with Crippen LogP contribution in [0.2, 0.25) is 0 Å². The Bertz CT molecular complexity index is 946. The molecule has 1 fully saturated rings. The van der Waals surface area contributed by atoms with Gasteiger partial charge in [0, 0.05) is 36.3 Å². The van der Waals surface area contributed by atoms with Crippen LogP contribution in [0.1, 0.15) is 29.5 Å². The summed E-state index contributed by atoms with van der Waals surface area (Å²) >= 11 is 0. The number of aliphatic imine (C=N–C) groups is 1. The number of ether oxygens (including phenoxy) is 5. The lowest BCUT2D eigenvalue weighted by atomic mass is 9.69. The van der Waals surface area contributed by atoms with Crippen LogP contribution in [0.5, 0.6) is 23.0 Å². The molecular formula is C22H23NO5. The van der Waals surface area contributed by atoms with E-state index in [0.29, 0.717) is 5.75 Å². The minimum atomic E-state index is -0.0209. The van der Waals surface area contributed by atoms with E-state index in [1.807, 2.05) is 24.3 Å². The summed E-state index contributed by atoms with van der Waals surface area (Å²) in [6, 6.07) is 10.2. The Labute approximate surface area is 164 Å². The van der Waals surface area contributed by atoms with Crippen molar-refractivity contribution < 1.29 is 23.7 Å². The Balaban J connectivity index is 1.67. The second-order valence-electron chi connectivity index (χ2n) is 7.38. The lowest BCUT2D eigenvalue weighted by molar-refractivity contribution is 0.0525. The first-order chi connectivity index (χ1) is 13.7. The normalized spacial score (nSPS) is 19.1. The molecule has 0 saturated carbocycles. The summed E-state index contributed by atoms with van der Waals surface area (Å²) in [6.45, 7) is 2.50. The SMILES string of the molecule is COc1cc2c(cc1OC)C1(CCOCC1)CN=C2c1ccc2c(c1)OCO2. The lowest BCUT2D eigenvalue weighted by Crippen LogP contribution is -2.40. The second-order valence-corrected chi connectivity index (χ2v) is 7.38. The van der Waals surface area contributed by atoms with Gasteiger partial charge in [0.2, 0.25) is 6.79 Å². The van der Waals surface area contributed by atoms with Gasteiger partial charge in [-0.15, -0.1) is 0 Å². The summed E-state index contributed by atoms with van der Waals surface area (Å²) in [5.41, 5.74) is 4.29. The molecule has 0 unspecified atom stereocenters. The van der Waals surface area contributed by atoms with Crippen molar-refractivity contribution in [2.24, 2.45) is 4.99 Å². The van der Waals surface area contributed by atoms with Crippen LogP contribution < -0.4 is 18.9 Å². The van der Waals surface area contributed by atoms with Gasteiger partial charge in [0.1, 0.15) is 0 Å². The van der Waals surface area contributed by atoms with E-state index < -0.39 is 0 Å². The van der Waals surface area contributed by atoms with E-state index in [0.717, 1.165) is 66.7 Å². The average Bonchev–Trinajstić information content (AvgIpc) is 3.22. The maximum atomic E-state index is 5.64. The molecule has 0 N–H and O–H groups in total. The lowest BCUT2D eigenvalue weighted by Gasteiger charge is -2.41. The monoisotopic (exact) mass is 381 g/mol. The molecule has 3 heterocycles. The molecule has 6 nitrogen and oxygen atoms in total. The molecule has 2 aromatic rings. The third-order valence-electron chi connectivity index (χ3n) is 5.99. The molecule has 5 rings (SSSR count). The Kier molecular flexibility index (Phi) is 4.16. The molecule has 6 heteroatoms. The van der Waals surface area contributed by atoms with Gasteiger partial charge >= 0.3 is 0 Å². The molecule has 3 aliphatic rings. The molecular weight excluding hydrogens is 358 g/mol. The zero-order valence-corrected chi connectivity index (χ0v) is 16.1. The predicted molar refractivity (Wildman–Crippen MR) is 104 cm³/mol. The van der Waals surface area contributed by atoms with Gasteiger partial charge in [0.25, 0.3) is 0 Å². The molecule has 0 atom stereocenters. The van der Waals surface area contributed by atoms with Crippen LogP contribution in [-0.2, 0) is 10.2 Å². The zero-order chi connectivity index (χ0) is 19.1. The van der Waals surface area contributed by atoms with Crippen molar-refractivity contribution in [3.8, 4) is 23.0 Å². The third kappa shape index (κ3) is 2.63. The fourth-order valence-corrected chi connectivity index (χ4v) is 4.39. The van der Waals surface area contributed by atoms with Crippen molar-refractivity contribution in [1.82, 2.24) is 0 Å². The summed E-state index contributed by atoms with van der Waals surface area (Å²) in [5, 5.41) is 0. The largest absolute Gasteiger partial charge is 0.493 e. The highest BCUT2D eigenvalue weighted by atomic mass is 16.7. The first-order valence-corrected chi connectivity index (χ1v) is 9.53. The van der Waals surface area contributed by atoms with Gasteiger partial charge in [0.15, 0.2) is 23.0 Å². The third-order valence-corrected chi connectivity index (χ3v) is 5.99. The van der Waals surface area contributed by atoms with Gasteiger partial charge in [-0.3, -0.25) is 4.99 Å². The molecule has 1 saturated heterocycles. The van der Waals surface area contributed by atoms with E-state index in [1.54, 1.807) is 14.2 Å². The average molecular weight is 381 g/mol. The Morgan fingerprint density at radius 2 is 1.68 bits per heavy atom. The molecule has 1 spiro atoms. The summed E-state index contributed by atoms with van der Waals surface area (Å²) in [4.78, 5) is 5.04. The van der Waals surface area contributed by atoms with Gasteiger partial charge in [0.05, 0.1) is 19.9 Å². The molecule has 146 valence electrons. The van der Waals surface area contributed by atoms with Crippen LogP contribution >= 0.6 is 0 Å². The minimum absolute atomic E-state index is 0.0209. The maximum Gasteiger partial charge on any atom is 0.231 e. The smallest absolute Gasteiger partial charge is 0.231 e. The van der Waals surface area contributed by atoms with Crippen LogP contribution in [0.4, 0.5) is 0 Å². The minimum Gasteiger partial charge on any atom is -0.493 e. The number of benzene rings is 2. The van der Waals surface area contributed by atoms with Crippen LogP contribution in [0.15, 0.2) is 35.3 Å². The summed E-state index contributed by atoms with van der Waals surface area (Å²) < 4.78 is 27.9. The zero-order valence-electron chi connectivity index (χ0n) is 16.1. The molecule has 3 aliphatic heterocycles. The Morgan fingerprint density at radius 1 is 0.929 bits per heavy atom. The van der Waals surface area contributed by atoms with E-state index in [9.17, 15) is 0 Å². The summed E-state index contributed by atoms with van der Waals surface area (Å²) in [7, 11) is 3.34. The number of hydrogen-bond donors (Lipinski definition) is 0. The van der Waals surface area contributed by atoms with Crippen molar-refractivity contribution in [3.05, 3.63) is 47.0 Å². The fraction of sp³-hybridized carbons (Fsp3) is 0.409. The highest BCUT2D eigenvalue weighted by Crippen LogP contribution is 2.45. The molecule has 0 bridgehead atoms. The first-order valence-electron chi connectivity index (χ1n) is 9.53. The highest BCUT2D eigenvalue weighted by molar-refractivity contribution is 6.15. The molecule has 0 amide bonds. The number of nitrogens with zero attached hydrogens (tertiary/aromatic N) is 1. The molecule has 2 aromatic carbocycles. The fourth-order valence-electron chi connectivity index (χ4n) is 4.39. The topological polar surface area (TPSA) is 58.5 Å². The van der Waals surface area contributed by atoms with Gasteiger partial charge < -0.3 is 23.7 Å². The van der Waals surface area contributed by atoms with Crippen molar-refractivity contribution in [2.75, 3.05) is 40.8 Å². The van der Waals surface area contributed by atoms with Crippen LogP contribution in [0, 0.1) is 0 Å². The van der Waals surface area contributed by atoms with Crippen molar-refractivity contribution >= 4 is 5.71 Å². The van der Waals surface area contributed by atoms with Gasteiger partial charge in [-0.25, -0.2) is 0 Å². The van der Waals surface area contributed by atoms with Crippen molar-refractivity contribution in [3.63, 3.8) is 0 Å². The Hall–Kier alpha value is -2.73. The standard InChI is InChI=1S/C22H23NO5/c1-24-18-10-15-16(11-19(18)25-2)22(5-7-26-8-6-22)12-23-21(15)14-3-4-17-20(9-14)28-13-27-17/h3-4,9-11H,5-8,12-13H2,1-2H3. The predicted octanol–water partition coefficient (Wildman–Crippen LogP) is 3.33. The quantitative estimate of drug-likeness (QED) is 0.816. The van der Waals surface area contributed by atoms with Gasteiger partial charge in [-0.05, 0) is 48.7 Å². The van der Waals surface area contributed by atoms with Gasteiger partial charge in [-0.1, -0.05) is 0 Å². The summed E-state index contributed by atoms with van der Waals surface area (Å²) in [5.74, 6) is 2.99. The maximum absolute atomic E-state index is 5.64. The molecule has 0 aromatic heterocycles. The van der Waals surface area contributed by atoms with E-state index in [1.165, 1.54) is 5.56 Å². The van der Waals surface area contributed by atoms with E-state index >= 15 is 0 Å². The van der Waals surface area contributed by atoms with Gasteiger partial charge in [-0.2, -0.15) is 0 Å². The van der Waals surface area contributed by atoms with Crippen LogP contribution in [0.3, 0.4) is 0 Å². The molecule has 0 aliphatic carbocycles. The van der Waals surface area contributed by atoms with Crippen molar-refractivity contribution in [1.29, 1.82) is 0 Å². The number of rotatable bonds is 3. The van der Waals surface area contributed by atoms with Crippen LogP contribution in [0.25, 0.3) is 0 Å². The number of fused-ring (bicyclic) bond motifs is 3. The van der Waals surface area contributed by atoms with Crippen molar-refractivity contribution in [2.45, 2.75) is 18.3 Å².